The van der Waals surface area contributed by atoms with Crippen molar-refractivity contribution in [3.8, 4) is 11.5 Å². The van der Waals surface area contributed by atoms with E-state index in [-0.39, 0.29) is 0 Å². The quantitative estimate of drug-likeness (QED) is 0.763. The molecule has 7 heteroatoms. The van der Waals surface area contributed by atoms with Crippen LogP contribution < -0.4 is 20.1 Å². The van der Waals surface area contributed by atoms with Gasteiger partial charge in [0.05, 0.1) is 19.9 Å². The number of hydrogen-bond acceptors (Lipinski definition) is 5. The van der Waals surface area contributed by atoms with Crippen molar-refractivity contribution >= 4 is 23.0 Å². The summed E-state index contributed by atoms with van der Waals surface area (Å²) in [5.41, 5.74) is 0.838. The highest BCUT2D eigenvalue weighted by atomic mass is 32.1. The molecule has 0 amide bonds. The Kier molecular flexibility index (Phi) is 6.93. The third kappa shape index (κ3) is 4.99. The van der Waals surface area contributed by atoms with Gasteiger partial charge in [0, 0.05) is 44.5 Å². The van der Waals surface area contributed by atoms with Crippen LogP contribution in [0.4, 0.5) is 5.69 Å². The van der Waals surface area contributed by atoms with Crippen LogP contribution in [0.25, 0.3) is 0 Å². The Morgan fingerprint density at radius 1 is 1.12 bits per heavy atom. The molecule has 0 unspecified atom stereocenters. The predicted octanol–water partition coefficient (Wildman–Crippen LogP) is 2.63. The summed E-state index contributed by atoms with van der Waals surface area (Å²) in [5.74, 6) is 1.47. The van der Waals surface area contributed by atoms with Gasteiger partial charge in [-0.25, -0.2) is 0 Å². The number of piperidine rings is 1. The Morgan fingerprint density at radius 3 is 2.50 bits per heavy atom. The normalized spacial score (nSPS) is 19.8. The standard InChI is InChI=1S/C19H29N3O3S/c1-23-16-3-4-17(18(13-16)24-2)21-19(26)20-14-5-9-22(10-6-14)15-7-11-25-12-8-15/h3-4,13-15H,5-12H2,1-2H3,(H2,20,21,26). The van der Waals surface area contributed by atoms with Crippen molar-refractivity contribution in [2.24, 2.45) is 0 Å². The van der Waals surface area contributed by atoms with Crippen molar-refractivity contribution < 1.29 is 14.2 Å². The van der Waals surface area contributed by atoms with Gasteiger partial charge < -0.3 is 29.7 Å². The Morgan fingerprint density at radius 2 is 1.85 bits per heavy atom. The molecule has 2 heterocycles. The highest BCUT2D eigenvalue weighted by Crippen LogP contribution is 2.29. The molecule has 26 heavy (non-hydrogen) atoms. The maximum Gasteiger partial charge on any atom is 0.171 e. The average Bonchev–Trinajstić information content (AvgIpc) is 2.69. The molecular formula is C19H29N3O3S. The Bertz CT molecular complexity index is 600. The number of hydrogen-bond donors (Lipinski definition) is 2. The number of nitrogens with zero attached hydrogens (tertiary/aromatic N) is 1. The first-order valence-electron chi connectivity index (χ1n) is 9.31. The van der Waals surface area contributed by atoms with Gasteiger partial charge in [-0.15, -0.1) is 0 Å². The molecule has 1 aromatic carbocycles. The highest BCUT2D eigenvalue weighted by Gasteiger charge is 2.26. The van der Waals surface area contributed by atoms with Crippen molar-refractivity contribution in [3.63, 3.8) is 0 Å². The summed E-state index contributed by atoms with van der Waals surface area (Å²) in [4.78, 5) is 2.61. The summed E-state index contributed by atoms with van der Waals surface area (Å²) >= 11 is 5.50. The Balaban J connectivity index is 1.47. The molecule has 0 aliphatic carbocycles. The molecule has 6 nitrogen and oxygen atoms in total. The minimum atomic E-state index is 0.412. The van der Waals surface area contributed by atoms with Gasteiger partial charge in [-0.2, -0.15) is 0 Å². The third-order valence-electron chi connectivity index (χ3n) is 5.23. The van der Waals surface area contributed by atoms with E-state index in [1.54, 1.807) is 14.2 Å². The second-order valence-electron chi connectivity index (χ2n) is 6.82. The van der Waals surface area contributed by atoms with Crippen LogP contribution in [0.15, 0.2) is 18.2 Å². The fourth-order valence-corrected chi connectivity index (χ4v) is 3.98. The summed E-state index contributed by atoms with van der Waals surface area (Å²) < 4.78 is 16.1. The van der Waals surface area contributed by atoms with Crippen LogP contribution in [0.2, 0.25) is 0 Å². The fourth-order valence-electron chi connectivity index (χ4n) is 3.70. The number of methoxy groups -OCH3 is 2. The maximum absolute atomic E-state index is 5.50. The molecule has 0 atom stereocenters. The number of ether oxygens (including phenoxy) is 3. The number of benzene rings is 1. The van der Waals surface area contributed by atoms with Crippen molar-refractivity contribution in [2.75, 3.05) is 45.8 Å². The molecule has 0 spiro atoms. The van der Waals surface area contributed by atoms with E-state index >= 15 is 0 Å². The van der Waals surface area contributed by atoms with E-state index in [2.05, 4.69) is 15.5 Å². The van der Waals surface area contributed by atoms with E-state index in [9.17, 15) is 0 Å². The van der Waals surface area contributed by atoms with Gasteiger partial charge in [0.1, 0.15) is 11.5 Å². The lowest BCUT2D eigenvalue weighted by Gasteiger charge is -2.39. The molecule has 0 aromatic heterocycles. The molecule has 2 aliphatic rings. The zero-order chi connectivity index (χ0) is 18.4. The first-order chi connectivity index (χ1) is 12.7. The lowest BCUT2D eigenvalue weighted by atomic mass is 10.00. The molecule has 0 radical (unpaired) electrons. The van der Waals surface area contributed by atoms with Gasteiger partial charge in [0.2, 0.25) is 0 Å². The highest BCUT2D eigenvalue weighted by molar-refractivity contribution is 7.80. The summed E-state index contributed by atoms with van der Waals surface area (Å²) in [6.07, 6.45) is 4.54. The third-order valence-corrected chi connectivity index (χ3v) is 5.45. The smallest absolute Gasteiger partial charge is 0.171 e. The molecular weight excluding hydrogens is 350 g/mol. The van der Waals surface area contributed by atoms with Gasteiger partial charge in [-0.05, 0) is 50.0 Å². The van der Waals surface area contributed by atoms with Crippen LogP contribution in [0.5, 0.6) is 11.5 Å². The van der Waals surface area contributed by atoms with Crippen LogP contribution in [0.1, 0.15) is 25.7 Å². The molecule has 2 saturated heterocycles. The first-order valence-corrected chi connectivity index (χ1v) is 9.71. The van der Waals surface area contributed by atoms with E-state index in [4.69, 9.17) is 26.4 Å². The van der Waals surface area contributed by atoms with Crippen LogP contribution >= 0.6 is 12.2 Å². The number of thiocarbonyl (C=S) groups is 1. The second kappa shape index (κ2) is 9.39. The van der Waals surface area contributed by atoms with E-state index in [0.29, 0.717) is 22.9 Å². The lowest BCUT2D eigenvalue weighted by Crippen LogP contribution is -2.49. The van der Waals surface area contributed by atoms with Crippen LogP contribution in [-0.2, 0) is 4.74 Å². The van der Waals surface area contributed by atoms with Crippen molar-refractivity contribution in [1.29, 1.82) is 0 Å². The maximum atomic E-state index is 5.50. The predicted molar refractivity (Wildman–Crippen MR) is 107 cm³/mol. The number of anilines is 1. The SMILES string of the molecule is COc1ccc(NC(=S)NC2CCN(C3CCOCC3)CC2)c(OC)c1. The van der Waals surface area contributed by atoms with Crippen molar-refractivity contribution in [3.05, 3.63) is 18.2 Å². The van der Waals surface area contributed by atoms with Gasteiger partial charge >= 0.3 is 0 Å². The Labute approximate surface area is 161 Å². The average molecular weight is 380 g/mol. The molecule has 2 N–H and O–H groups in total. The van der Waals surface area contributed by atoms with Crippen molar-refractivity contribution in [1.82, 2.24) is 10.2 Å². The summed E-state index contributed by atoms with van der Waals surface area (Å²) in [6.45, 7) is 4.05. The monoisotopic (exact) mass is 379 g/mol. The van der Waals surface area contributed by atoms with Gasteiger partial charge in [-0.3, -0.25) is 0 Å². The van der Waals surface area contributed by atoms with Crippen LogP contribution in [0, 0.1) is 0 Å². The van der Waals surface area contributed by atoms with E-state index < -0.39 is 0 Å². The second-order valence-corrected chi connectivity index (χ2v) is 7.23. The first kappa shape index (κ1) is 19.2. The van der Waals surface area contributed by atoms with E-state index in [0.717, 1.165) is 63.4 Å². The van der Waals surface area contributed by atoms with Gasteiger partial charge in [0.25, 0.3) is 0 Å². The van der Waals surface area contributed by atoms with Gasteiger partial charge in [-0.1, -0.05) is 0 Å². The molecule has 144 valence electrons. The minimum absolute atomic E-state index is 0.412. The summed E-state index contributed by atoms with van der Waals surface area (Å²) in [7, 11) is 3.28. The van der Waals surface area contributed by atoms with E-state index in [1.165, 1.54) is 0 Å². The largest absolute Gasteiger partial charge is 0.497 e. The van der Waals surface area contributed by atoms with Crippen LogP contribution in [0.3, 0.4) is 0 Å². The zero-order valence-corrected chi connectivity index (χ0v) is 16.4. The molecule has 2 aliphatic heterocycles. The minimum Gasteiger partial charge on any atom is -0.497 e. The fraction of sp³-hybridized carbons (Fsp3) is 0.632. The van der Waals surface area contributed by atoms with E-state index in [1.807, 2.05) is 18.2 Å². The summed E-state index contributed by atoms with van der Waals surface area (Å²) in [5, 5.41) is 7.33. The summed E-state index contributed by atoms with van der Waals surface area (Å²) in [6, 6.07) is 6.75. The Hall–Kier alpha value is -1.57. The number of likely N-dealkylation sites (tertiary alicyclic amines) is 1. The number of rotatable bonds is 5. The topological polar surface area (TPSA) is 55.0 Å². The molecule has 3 rings (SSSR count). The molecule has 1 aromatic rings. The van der Waals surface area contributed by atoms with Crippen molar-refractivity contribution in [2.45, 2.75) is 37.8 Å². The molecule has 2 fully saturated rings. The van der Waals surface area contributed by atoms with Gasteiger partial charge in [0.15, 0.2) is 5.11 Å². The molecule has 0 saturated carbocycles. The zero-order valence-electron chi connectivity index (χ0n) is 15.6. The van der Waals surface area contributed by atoms with Crippen LogP contribution in [-0.4, -0.2) is 62.6 Å². The number of nitrogens with one attached hydrogen (secondary N) is 2. The lowest BCUT2D eigenvalue weighted by molar-refractivity contribution is 0.0247. The molecule has 0 bridgehead atoms.